The predicted molar refractivity (Wildman–Crippen MR) is 103 cm³/mol. The highest BCUT2D eigenvalue weighted by Gasteiger charge is 2.24. The molecular formula is C17H20N4O7S. The lowest BCUT2D eigenvalue weighted by Crippen LogP contribution is -2.36. The number of aromatic nitrogens is 3. The first-order valence-electron chi connectivity index (χ1n) is 8.69. The highest BCUT2D eigenvalue weighted by molar-refractivity contribution is 7.17. The minimum atomic E-state index is -1.13. The van der Waals surface area contributed by atoms with Crippen LogP contribution in [0.5, 0.6) is 0 Å². The maximum Gasteiger partial charge on any atom is 0.350 e. The lowest BCUT2D eigenvalue weighted by atomic mass is 10.2. The van der Waals surface area contributed by atoms with Gasteiger partial charge in [0.2, 0.25) is 0 Å². The zero-order valence-electron chi connectivity index (χ0n) is 16.0. The molecule has 0 aliphatic heterocycles. The van der Waals surface area contributed by atoms with Gasteiger partial charge in [-0.3, -0.25) is 29.3 Å². The molecular weight excluding hydrogens is 404 g/mol. The lowest BCUT2D eigenvalue weighted by molar-refractivity contribution is -0.155. The summed E-state index contributed by atoms with van der Waals surface area (Å²) in [5.74, 6) is -1.99. The second-order valence-corrected chi connectivity index (χ2v) is 6.77. The molecule has 0 saturated heterocycles. The molecule has 2 heterocycles. The topological polar surface area (TPSA) is 149 Å². The zero-order chi connectivity index (χ0) is 21.6. The first kappa shape index (κ1) is 22.0. The van der Waals surface area contributed by atoms with Crippen molar-refractivity contribution in [1.82, 2.24) is 14.5 Å². The Morgan fingerprint density at radius 3 is 2.66 bits per heavy atom. The minimum Gasteiger partial charge on any atom is -0.462 e. The number of carbonyl (C=O) groups is 3. The minimum absolute atomic E-state index is 0.168. The average molecular weight is 424 g/mol. The molecule has 0 aliphatic rings. The summed E-state index contributed by atoms with van der Waals surface area (Å²) in [7, 11) is 0. The largest absolute Gasteiger partial charge is 0.462 e. The average Bonchev–Trinajstić information content (AvgIpc) is 3.02. The normalized spacial score (nSPS) is 11.6. The van der Waals surface area contributed by atoms with E-state index in [9.17, 15) is 24.0 Å². The second-order valence-electron chi connectivity index (χ2n) is 5.77. The van der Waals surface area contributed by atoms with Crippen LogP contribution in [0.2, 0.25) is 0 Å². The number of hydrogen-bond acceptors (Lipinski definition) is 9. The molecule has 2 N–H and O–H groups in total. The predicted octanol–water partition coefficient (Wildman–Crippen LogP) is 0.439. The van der Waals surface area contributed by atoms with Crippen molar-refractivity contribution in [2.24, 2.45) is 0 Å². The molecule has 1 unspecified atom stereocenters. The van der Waals surface area contributed by atoms with E-state index in [2.05, 4.69) is 10.3 Å². The molecule has 0 aromatic carbocycles. The van der Waals surface area contributed by atoms with Crippen molar-refractivity contribution in [3.05, 3.63) is 43.7 Å². The van der Waals surface area contributed by atoms with Gasteiger partial charge in [0.1, 0.15) is 11.4 Å². The number of H-pyrrole nitrogens is 1. The molecule has 2 aromatic rings. The maximum atomic E-state index is 12.4. The van der Waals surface area contributed by atoms with Gasteiger partial charge in [-0.2, -0.15) is 0 Å². The van der Waals surface area contributed by atoms with Gasteiger partial charge < -0.3 is 9.47 Å². The van der Waals surface area contributed by atoms with Crippen molar-refractivity contribution >= 4 is 34.3 Å². The Morgan fingerprint density at radius 1 is 1.31 bits per heavy atom. The van der Waals surface area contributed by atoms with Crippen molar-refractivity contribution in [2.75, 3.05) is 11.9 Å². The Balaban J connectivity index is 2.02. The first-order chi connectivity index (χ1) is 13.7. The van der Waals surface area contributed by atoms with Crippen LogP contribution >= 0.6 is 11.3 Å². The SMILES string of the molecule is CCOC(=O)c1sc(NC(=O)C(CC)OC(=O)Cn2ccc(=O)[nH]c2=O)nc1C. The Kier molecular flexibility index (Phi) is 7.42. The first-order valence-corrected chi connectivity index (χ1v) is 9.51. The van der Waals surface area contributed by atoms with E-state index < -0.39 is 41.7 Å². The number of nitrogens with zero attached hydrogens (tertiary/aromatic N) is 2. The summed E-state index contributed by atoms with van der Waals surface area (Å²) in [6.45, 7) is 4.67. The lowest BCUT2D eigenvalue weighted by Gasteiger charge is -2.15. The molecule has 1 atom stereocenters. The van der Waals surface area contributed by atoms with E-state index in [0.29, 0.717) is 5.69 Å². The smallest absolute Gasteiger partial charge is 0.350 e. The van der Waals surface area contributed by atoms with E-state index in [4.69, 9.17) is 9.47 Å². The molecule has 0 fully saturated rings. The molecule has 0 saturated carbocycles. The van der Waals surface area contributed by atoms with Crippen molar-refractivity contribution in [2.45, 2.75) is 39.8 Å². The van der Waals surface area contributed by atoms with Crippen LogP contribution in [0.3, 0.4) is 0 Å². The number of carbonyl (C=O) groups excluding carboxylic acids is 3. The quantitative estimate of drug-likeness (QED) is 0.580. The number of anilines is 1. The standard InChI is InChI=1S/C17H20N4O7S/c1-4-10(28-12(23)8-21-7-6-11(22)19-17(21)26)14(24)20-16-18-9(3)13(29-16)15(25)27-5-2/h6-7,10H,4-5,8H2,1-3H3,(H,18,20,24)(H,19,22,26). The van der Waals surface area contributed by atoms with E-state index in [1.54, 1.807) is 20.8 Å². The van der Waals surface area contributed by atoms with Crippen LogP contribution < -0.4 is 16.6 Å². The van der Waals surface area contributed by atoms with E-state index >= 15 is 0 Å². The van der Waals surface area contributed by atoms with E-state index in [0.717, 1.165) is 28.2 Å². The summed E-state index contributed by atoms with van der Waals surface area (Å²) < 4.78 is 11.0. The summed E-state index contributed by atoms with van der Waals surface area (Å²) in [4.78, 5) is 65.4. The van der Waals surface area contributed by atoms with Crippen molar-refractivity contribution < 1.29 is 23.9 Å². The molecule has 2 aromatic heterocycles. The van der Waals surface area contributed by atoms with Gasteiger partial charge in [-0.15, -0.1) is 0 Å². The third-order valence-electron chi connectivity index (χ3n) is 3.62. The molecule has 29 heavy (non-hydrogen) atoms. The fourth-order valence-corrected chi connectivity index (χ4v) is 3.11. The number of thiazole rings is 1. The Morgan fingerprint density at radius 2 is 2.03 bits per heavy atom. The summed E-state index contributed by atoms with van der Waals surface area (Å²) in [6.07, 6.45) is 0.197. The van der Waals surface area contributed by atoms with Crippen LogP contribution in [0.1, 0.15) is 35.6 Å². The van der Waals surface area contributed by atoms with Gasteiger partial charge in [0.25, 0.3) is 11.5 Å². The number of amides is 1. The molecule has 11 nitrogen and oxygen atoms in total. The van der Waals surface area contributed by atoms with Gasteiger partial charge in [-0.1, -0.05) is 18.3 Å². The molecule has 0 aliphatic carbocycles. The molecule has 0 radical (unpaired) electrons. The number of aromatic amines is 1. The van der Waals surface area contributed by atoms with Crippen LogP contribution in [0.25, 0.3) is 0 Å². The molecule has 156 valence electrons. The number of nitrogens with one attached hydrogen (secondary N) is 2. The third-order valence-corrected chi connectivity index (χ3v) is 4.67. The molecule has 0 bridgehead atoms. The highest BCUT2D eigenvalue weighted by atomic mass is 32.1. The molecule has 0 spiro atoms. The van der Waals surface area contributed by atoms with Gasteiger partial charge in [0.05, 0.1) is 12.3 Å². The van der Waals surface area contributed by atoms with Gasteiger partial charge in [0, 0.05) is 12.3 Å². The van der Waals surface area contributed by atoms with Gasteiger partial charge in [-0.05, 0) is 20.3 Å². The number of hydrogen-bond donors (Lipinski definition) is 2. The summed E-state index contributed by atoms with van der Waals surface area (Å²) in [5, 5.41) is 2.68. The van der Waals surface area contributed by atoms with Crippen LogP contribution in [0.4, 0.5) is 5.13 Å². The van der Waals surface area contributed by atoms with Gasteiger partial charge >= 0.3 is 17.6 Å². The van der Waals surface area contributed by atoms with E-state index in [1.807, 2.05) is 4.98 Å². The molecule has 12 heteroatoms. The maximum absolute atomic E-state index is 12.4. The Bertz CT molecular complexity index is 1020. The van der Waals surface area contributed by atoms with Crippen LogP contribution in [-0.4, -0.2) is 45.1 Å². The number of rotatable bonds is 8. The van der Waals surface area contributed by atoms with Gasteiger partial charge in [-0.25, -0.2) is 14.6 Å². The number of esters is 2. The van der Waals surface area contributed by atoms with E-state index in [1.165, 1.54) is 0 Å². The Labute approximate surface area is 168 Å². The van der Waals surface area contributed by atoms with Crippen LogP contribution in [-0.2, 0) is 25.6 Å². The monoisotopic (exact) mass is 424 g/mol. The third kappa shape index (κ3) is 5.85. The highest BCUT2D eigenvalue weighted by Crippen LogP contribution is 2.23. The molecule has 2 rings (SSSR count). The second kappa shape index (κ2) is 9.78. The van der Waals surface area contributed by atoms with Crippen LogP contribution in [0.15, 0.2) is 21.9 Å². The summed E-state index contributed by atoms with van der Waals surface area (Å²) in [6, 6.07) is 1.09. The Hall–Kier alpha value is -3.28. The van der Waals surface area contributed by atoms with Crippen molar-refractivity contribution in [3.8, 4) is 0 Å². The van der Waals surface area contributed by atoms with Gasteiger partial charge in [0.15, 0.2) is 11.2 Å². The summed E-state index contributed by atoms with van der Waals surface area (Å²) >= 11 is 0.951. The number of aryl methyl sites for hydroxylation is 1. The van der Waals surface area contributed by atoms with Crippen molar-refractivity contribution in [3.63, 3.8) is 0 Å². The molecule has 1 amide bonds. The van der Waals surface area contributed by atoms with Crippen molar-refractivity contribution in [1.29, 1.82) is 0 Å². The number of ether oxygens (including phenoxy) is 2. The fraction of sp³-hybridized carbons (Fsp3) is 0.412. The van der Waals surface area contributed by atoms with Crippen LogP contribution in [0, 0.1) is 6.92 Å². The van der Waals surface area contributed by atoms with E-state index in [-0.39, 0.29) is 23.0 Å². The fourth-order valence-electron chi connectivity index (χ4n) is 2.25. The summed E-state index contributed by atoms with van der Waals surface area (Å²) in [5.41, 5.74) is -0.950. The zero-order valence-corrected chi connectivity index (χ0v) is 16.8.